The van der Waals surface area contributed by atoms with Gasteiger partial charge in [-0.3, -0.25) is 4.79 Å². The van der Waals surface area contributed by atoms with Gasteiger partial charge in [-0.15, -0.1) is 0 Å². The van der Waals surface area contributed by atoms with Gasteiger partial charge in [-0.1, -0.05) is 30.3 Å². The van der Waals surface area contributed by atoms with Crippen LogP contribution in [-0.4, -0.2) is 57.9 Å². The van der Waals surface area contributed by atoms with E-state index in [1.54, 1.807) is 26.0 Å². The maximum Gasteiger partial charge on any atom is 0.168 e. The summed E-state index contributed by atoms with van der Waals surface area (Å²) >= 11 is 0. The highest BCUT2D eigenvalue weighted by molar-refractivity contribution is 5.85. The van der Waals surface area contributed by atoms with Crippen LogP contribution in [0.4, 0.5) is 0 Å². The number of benzene rings is 1. The van der Waals surface area contributed by atoms with Crippen LogP contribution >= 0.6 is 0 Å². The summed E-state index contributed by atoms with van der Waals surface area (Å²) in [7, 11) is 0. The summed E-state index contributed by atoms with van der Waals surface area (Å²) < 4.78 is 11.0. The second-order valence-electron chi connectivity index (χ2n) is 5.89. The fourth-order valence-electron chi connectivity index (χ4n) is 2.55. The van der Waals surface area contributed by atoms with Gasteiger partial charge in [0.25, 0.3) is 0 Å². The van der Waals surface area contributed by atoms with Crippen LogP contribution in [0.25, 0.3) is 0 Å². The first-order valence-corrected chi connectivity index (χ1v) is 7.23. The molecule has 0 bridgehead atoms. The Morgan fingerprint density at radius 3 is 2.36 bits per heavy atom. The van der Waals surface area contributed by atoms with E-state index in [1.165, 1.54) is 0 Å². The predicted molar refractivity (Wildman–Crippen MR) is 78.1 cm³/mol. The molecule has 0 aromatic heterocycles. The van der Waals surface area contributed by atoms with Crippen molar-refractivity contribution in [2.45, 2.75) is 50.5 Å². The molecule has 2 rings (SSSR count). The van der Waals surface area contributed by atoms with Crippen molar-refractivity contribution in [2.75, 3.05) is 6.61 Å². The lowest BCUT2D eigenvalue weighted by Gasteiger charge is -2.24. The zero-order valence-electron chi connectivity index (χ0n) is 12.7. The SMILES string of the molecule is CC1(C)O[C@@H]([C@H](O)CO)[C@H](C(O)C(=O)Cc2ccccc2)O1. The summed E-state index contributed by atoms with van der Waals surface area (Å²) in [5, 5.41) is 29.2. The Balaban J connectivity index is 2.09. The molecule has 0 radical (unpaired) electrons. The molecular formula is C16H22O6. The number of Topliss-reactive ketones (excluding diaryl/α,β-unsaturated/α-hetero) is 1. The quantitative estimate of drug-likeness (QED) is 0.686. The lowest BCUT2D eigenvalue weighted by atomic mass is 9.97. The summed E-state index contributed by atoms with van der Waals surface area (Å²) in [5.74, 6) is -1.47. The predicted octanol–water partition coefficient (Wildman–Crippen LogP) is 0.0324. The molecule has 0 aliphatic carbocycles. The van der Waals surface area contributed by atoms with Crippen LogP contribution < -0.4 is 0 Å². The molecule has 0 spiro atoms. The van der Waals surface area contributed by atoms with E-state index in [2.05, 4.69) is 0 Å². The van der Waals surface area contributed by atoms with Crippen molar-refractivity contribution in [3.05, 3.63) is 35.9 Å². The summed E-state index contributed by atoms with van der Waals surface area (Å²) in [6.07, 6.45) is -4.59. The third-order valence-electron chi connectivity index (χ3n) is 3.59. The highest BCUT2D eigenvalue weighted by atomic mass is 16.8. The molecule has 1 heterocycles. The van der Waals surface area contributed by atoms with Crippen LogP contribution in [0, 0.1) is 0 Å². The zero-order chi connectivity index (χ0) is 16.3. The molecule has 4 atom stereocenters. The number of aliphatic hydroxyl groups is 3. The largest absolute Gasteiger partial charge is 0.394 e. The third-order valence-corrected chi connectivity index (χ3v) is 3.59. The van der Waals surface area contributed by atoms with Gasteiger partial charge in [-0.25, -0.2) is 0 Å². The molecule has 6 nitrogen and oxygen atoms in total. The van der Waals surface area contributed by atoms with Gasteiger partial charge in [-0.2, -0.15) is 0 Å². The van der Waals surface area contributed by atoms with Crippen molar-refractivity contribution in [1.82, 2.24) is 0 Å². The Kier molecular flexibility index (Phi) is 5.31. The van der Waals surface area contributed by atoms with E-state index in [4.69, 9.17) is 14.6 Å². The Morgan fingerprint density at radius 1 is 1.18 bits per heavy atom. The molecule has 1 aromatic rings. The standard InChI is InChI=1S/C16H22O6/c1-16(2)21-14(12(19)9-17)15(22-16)13(20)11(18)8-10-6-4-3-5-7-10/h3-7,12-15,17,19-20H,8-9H2,1-2H3/t12-,13?,14+,15+/m1/s1. The summed E-state index contributed by atoms with van der Waals surface area (Å²) in [5.41, 5.74) is 0.781. The summed E-state index contributed by atoms with van der Waals surface area (Å²) in [4.78, 5) is 12.2. The van der Waals surface area contributed by atoms with Crippen LogP contribution in [0.5, 0.6) is 0 Å². The topological polar surface area (TPSA) is 96.2 Å². The van der Waals surface area contributed by atoms with Gasteiger partial charge in [0.1, 0.15) is 24.4 Å². The molecule has 1 aromatic carbocycles. The number of hydrogen-bond donors (Lipinski definition) is 3. The average molecular weight is 310 g/mol. The minimum Gasteiger partial charge on any atom is -0.394 e. The van der Waals surface area contributed by atoms with Crippen molar-refractivity contribution in [1.29, 1.82) is 0 Å². The van der Waals surface area contributed by atoms with E-state index in [9.17, 15) is 15.0 Å². The number of hydrogen-bond acceptors (Lipinski definition) is 6. The minimum atomic E-state index is -1.44. The van der Waals surface area contributed by atoms with Crippen LogP contribution in [0.2, 0.25) is 0 Å². The molecule has 1 saturated heterocycles. The molecule has 1 aliphatic rings. The normalized spacial score (nSPS) is 26.6. The number of ether oxygens (including phenoxy) is 2. The first kappa shape index (κ1) is 17.1. The molecule has 22 heavy (non-hydrogen) atoms. The number of carbonyl (C=O) groups is 1. The monoisotopic (exact) mass is 310 g/mol. The van der Waals surface area contributed by atoms with Crippen LogP contribution in [-0.2, 0) is 20.7 Å². The fourth-order valence-corrected chi connectivity index (χ4v) is 2.55. The first-order chi connectivity index (χ1) is 10.3. The molecule has 122 valence electrons. The lowest BCUT2D eigenvalue weighted by molar-refractivity contribution is -0.164. The van der Waals surface area contributed by atoms with Crippen LogP contribution in [0.1, 0.15) is 19.4 Å². The number of ketones is 1. The highest BCUT2D eigenvalue weighted by Crippen LogP contribution is 2.32. The molecule has 0 amide bonds. The molecule has 3 N–H and O–H groups in total. The molecule has 6 heteroatoms. The van der Waals surface area contributed by atoms with Gasteiger partial charge in [0.2, 0.25) is 0 Å². The van der Waals surface area contributed by atoms with E-state index in [1.807, 2.05) is 18.2 Å². The number of aliphatic hydroxyl groups excluding tert-OH is 3. The smallest absolute Gasteiger partial charge is 0.168 e. The van der Waals surface area contributed by atoms with Gasteiger partial charge < -0.3 is 24.8 Å². The average Bonchev–Trinajstić information content (AvgIpc) is 2.82. The first-order valence-electron chi connectivity index (χ1n) is 7.23. The van der Waals surface area contributed by atoms with Crippen LogP contribution in [0.15, 0.2) is 30.3 Å². The Bertz CT molecular complexity index is 501. The van der Waals surface area contributed by atoms with Crippen LogP contribution in [0.3, 0.4) is 0 Å². The van der Waals surface area contributed by atoms with Gasteiger partial charge in [-0.05, 0) is 19.4 Å². The Labute approximate surface area is 129 Å². The maximum absolute atomic E-state index is 12.2. The van der Waals surface area contributed by atoms with Gasteiger partial charge in [0.05, 0.1) is 6.61 Å². The molecule has 1 fully saturated rings. The number of carbonyl (C=O) groups excluding carboxylic acids is 1. The van der Waals surface area contributed by atoms with E-state index in [0.717, 1.165) is 5.56 Å². The van der Waals surface area contributed by atoms with E-state index < -0.39 is 42.6 Å². The summed E-state index contributed by atoms with van der Waals surface area (Å²) in [6.45, 7) is 2.71. The molecule has 1 aliphatic heterocycles. The van der Waals surface area contributed by atoms with Gasteiger partial charge in [0.15, 0.2) is 11.6 Å². The maximum atomic E-state index is 12.2. The van der Waals surface area contributed by atoms with E-state index in [-0.39, 0.29) is 6.42 Å². The summed E-state index contributed by atoms with van der Waals surface area (Å²) in [6, 6.07) is 9.05. The molecular weight excluding hydrogens is 288 g/mol. The second kappa shape index (κ2) is 6.85. The Hall–Kier alpha value is -1.31. The second-order valence-corrected chi connectivity index (χ2v) is 5.89. The van der Waals surface area contributed by atoms with Crippen molar-refractivity contribution < 1.29 is 29.6 Å². The van der Waals surface area contributed by atoms with Crippen molar-refractivity contribution in [3.8, 4) is 0 Å². The minimum absolute atomic E-state index is 0.0598. The zero-order valence-corrected chi connectivity index (χ0v) is 12.7. The molecule has 1 unspecified atom stereocenters. The fraction of sp³-hybridized carbons (Fsp3) is 0.562. The van der Waals surface area contributed by atoms with Gasteiger partial charge in [0, 0.05) is 6.42 Å². The third kappa shape index (κ3) is 3.91. The highest BCUT2D eigenvalue weighted by Gasteiger charge is 2.49. The van der Waals surface area contributed by atoms with E-state index >= 15 is 0 Å². The van der Waals surface area contributed by atoms with Crippen molar-refractivity contribution in [2.24, 2.45) is 0 Å². The van der Waals surface area contributed by atoms with Gasteiger partial charge >= 0.3 is 0 Å². The number of rotatable bonds is 6. The van der Waals surface area contributed by atoms with Crippen molar-refractivity contribution in [3.63, 3.8) is 0 Å². The molecule has 0 saturated carbocycles. The Morgan fingerprint density at radius 2 is 1.77 bits per heavy atom. The van der Waals surface area contributed by atoms with E-state index in [0.29, 0.717) is 0 Å². The lowest BCUT2D eigenvalue weighted by Crippen LogP contribution is -2.47. The van der Waals surface area contributed by atoms with Crippen molar-refractivity contribution >= 4 is 5.78 Å².